The van der Waals surface area contributed by atoms with Gasteiger partial charge in [0.2, 0.25) is 4.77 Å². The summed E-state index contributed by atoms with van der Waals surface area (Å²) in [5.41, 5.74) is -9.16. The fourth-order valence-corrected chi connectivity index (χ4v) is 7.17. The van der Waals surface area contributed by atoms with Crippen LogP contribution >= 0.6 is 52.1 Å². The number of rotatable bonds is 14. The molecular weight excluding hydrogens is 1150 g/mol. The number of hydrogen-bond donors (Lipinski definition) is 3. The first-order valence-electron chi connectivity index (χ1n) is 19.8. The number of aromatic amines is 1. The van der Waals surface area contributed by atoms with Gasteiger partial charge in [-0.25, -0.2) is 32.2 Å². The molecule has 25 heteroatoms. The van der Waals surface area contributed by atoms with E-state index in [1.807, 2.05) is 12.1 Å². The molecule has 0 bridgehead atoms. The van der Waals surface area contributed by atoms with Crippen molar-refractivity contribution in [3.63, 3.8) is 0 Å². The van der Waals surface area contributed by atoms with Gasteiger partial charge in [0.05, 0.1) is 48.7 Å². The fourth-order valence-electron chi connectivity index (χ4n) is 6.69. The van der Waals surface area contributed by atoms with Crippen molar-refractivity contribution in [1.29, 1.82) is 10.5 Å². The second-order valence-corrected chi connectivity index (χ2v) is 15.9. The molecule has 0 aliphatic rings. The SMILES string of the molecule is I.N#Cc1ccc(Oc2ccc(C(F)(F)C(O)(Cn3[nH]cnc3=S)c3ccc(F)cc3F)nc2)cc1.N#Cc1ccc(Oc2ccc(C(F)(F)C(O)(Cn3ncnc3Br)c3ccc(F)cc3F)nc2)cc1. The molecule has 0 aliphatic carbocycles. The molecule has 0 radical (unpaired) electrons. The lowest BCUT2D eigenvalue weighted by atomic mass is 9.84. The number of aliphatic hydroxyl groups is 2. The summed E-state index contributed by atoms with van der Waals surface area (Å²) in [6.45, 7) is -1.87. The van der Waals surface area contributed by atoms with E-state index in [1.165, 1.54) is 60.7 Å². The summed E-state index contributed by atoms with van der Waals surface area (Å²) < 4.78 is 132. The highest BCUT2D eigenvalue weighted by Gasteiger charge is 2.59. The third-order valence-corrected chi connectivity index (χ3v) is 11.2. The molecule has 0 fully saturated rings. The summed E-state index contributed by atoms with van der Waals surface area (Å²) in [7, 11) is 0. The number of pyridine rings is 2. The summed E-state index contributed by atoms with van der Waals surface area (Å²) in [5, 5.41) is 46.5. The van der Waals surface area contributed by atoms with Crippen LogP contribution in [0.25, 0.3) is 0 Å². The number of aromatic nitrogens is 8. The van der Waals surface area contributed by atoms with Crippen molar-refractivity contribution in [2.24, 2.45) is 0 Å². The number of ether oxygens (including phenoxy) is 2. The summed E-state index contributed by atoms with van der Waals surface area (Å²) in [6, 6.07) is 24.1. The van der Waals surface area contributed by atoms with Crippen molar-refractivity contribution in [3.05, 3.63) is 201 Å². The Balaban J connectivity index is 0.000000229. The molecule has 4 aromatic carbocycles. The molecular formula is C46H30BrF8IN10O4S. The second-order valence-electron chi connectivity index (χ2n) is 14.8. The fraction of sp³-hybridized carbons (Fsp3) is 0.130. The highest BCUT2D eigenvalue weighted by Crippen LogP contribution is 2.48. The lowest BCUT2D eigenvalue weighted by molar-refractivity contribution is -0.208. The number of nitrogens with one attached hydrogen (secondary N) is 1. The molecule has 0 spiro atoms. The lowest BCUT2D eigenvalue weighted by Crippen LogP contribution is -2.48. The first-order valence-corrected chi connectivity index (χ1v) is 21.0. The molecule has 0 aliphatic heterocycles. The molecule has 4 aromatic heterocycles. The molecule has 71 heavy (non-hydrogen) atoms. The third-order valence-electron chi connectivity index (χ3n) is 10.3. The van der Waals surface area contributed by atoms with Crippen molar-refractivity contribution < 1.29 is 54.8 Å². The quantitative estimate of drug-likeness (QED) is 0.0530. The Kier molecular flexibility index (Phi) is 16.4. The minimum Gasteiger partial charge on any atom is -0.456 e. The van der Waals surface area contributed by atoms with E-state index >= 15 is 17.6 Å². The summed E-state index contributed by atoms with van der Waals surface area (Å²) in [6.07, 6.45) is 4.19. The smallest absolute Gasteiger partial charge is 0.323 e. The predicted octanol–water partition coefficient (Wildman–Crippen LogP) is 10.6. The Morgan fingerprint density at radius 3 is 1.41 bits per heavy atom. The summed E-state index contributed by atoms with van der Waals surface area (Å²) in [4.78, 5) is 14.9. The number of nitrogens with zero attached hydrogens (tertiary/aromatic N) is 9. The van der Waals surface area contributed by atoms with E-state index in [2.05, 4.69) is 46.1 Å². The van der Waals surface area contributed by atoms with Gasteiger partial charge in [-0.15, -0.1) is 24.0 Å². The second kappa shape index (κ2) is 21.9. The van der Waals surface area contributed by atoms with Crippen LogP contribution in [0.15, 0.2) is 139 Å². The number of benzene rings is 4. The minimum absolute atomic E-state index is 0. The standard InChI is InChI=1S/C23H14BrF4N5O2.C23H15F4N5O2S.HI/c24-21-31-13-32-33(21)12-22(34,18-7-3-15(25)9-19(18)26)23(27,28)20-8-6-17(11-30-20)35-16-4-1-14(10-29)2-5-16;24-15-3-7-18(19(25)9-15)22(33,12-32-21(35)30-13-31-32)23(26,27)20-8-6-17(11-29-20)34-16-4-1-14(10-28)2-5-16;/h1-9,11,13,34H,12H2;1-9,11,13,33H,12H2,(H,30,31,35);1H. The van der Waals surface area contributed by atoms with Gasteiger partial charge < -0.3 is 19.7 Å². The van der Waals surface area contributed by atoms with Crippen molar-refractivity contribution in [1.82, 2.24) is 39.5 Å². The summed E-state index contributed by atoms with van der Waals surface area (Å²) in [5.74, 6) is -12.2. The largest absolute Gasteiger partial charge is 0.456 e. The Morgan fingerprint density at radius 1 is 0.620 bits per heavy atom. The average molecular weight is 1180 g/mol. The first-order chi connectivity index (χ1) is 33.3. The minimum atomic E-state index is -4.18. The van der Waals surface area contributed by atoms with Crippen LogP contribution in [0.3, 0.4) is 0 Å². The Bertz CT molecular complexity index is 3290. The van der Waals surface area contributed by atoms with E-state index in [0.29, 0.717) is 34.8 Å². The van der Waals surface area contributed by atoms with Crippen LogP contribution in [0.1, 0.15) is 33.6 Å². The molecule has 14 nitrogen and oxygen atoms in total. The zero-order chi connectivity index (χ0) is 50.4. The number of halogens is 10. The maximum Gasteiger partial charge on any atom is 0.323 e. The third kappa shape index (κ3) is 11.4. The molecule has 0 saturated heterocycles. The Morgan fingerprint density at radius 2 is 1.06 bits per heavy atom. The van der Waals surface area contributed by atoms with E-state index in [4.69, 9.17) is 32.2 Å². The van der Waals surface area contributed by atoms with E-state index in [-0.39, 0.29) is 45.0 Å². The van der Waals surface area contributed by atoms with Crippen LogP contribution in [0.5, 0.6) is 23.0 Å². The molecule has 0 amide bonds. The molecule has 0 saturated carbocycles. The van der Waals surface area contributed by atoms with Gasteiger partial charge in [0, 0.05) is 23.3 Å². The van der Waals surface area contributed by atoms with Crippen molar-refractivity contribution >= 4 is 52.1 Å². The van der Waals surface area contributed by atoms with Crippen LogP contribution in [-0.2, 0) is 36.1 Å². The first kappa shape index (κ1) is 53.2. The summed E-state index contributed by atoms with van der Waals surface area (Å²) >= 11 is 7.98. The van der Waals surface area contributed by atoms with E-state index in [1.54, 1.807) is 0 Å². The molecule has 364 valence electrons. The zero-order valence-electron chi connectivity index (χ0n) is 35.6. The number of alkyl halides is 4. The van der Waals surface area contributed by atoms with Gasteiger partial charge in [-0.3, -0.25) is 19.7 Å². The van der Waals surface area contributed by atoms with Gasteiger partial charge in [-0.2, -0.15) is 33.2 Å². The van der Waals surface area contributed by atoms with Crippen molar-refractivity contribution in [3.8, 4) is 35.1 Å². The monoisotopic (exact) mass is 1180 g/mol. The van der Waals surface area contributed by atoms with Crippen LogP contribution < -0.4 is 9.47 Å². The maximum atomic E-state index is 15.8. The van der Waals surface area contributed by atoms with Gasteiger partial charge in [0.25, 0.3) is 0 Å². The Hall–Kier alpha value is -7.17. The zero-order valence-corrected chi connectivity index (χ0v) is 40.3. The molecule has 8 aromatic rings. The predicted molar refractivity (Wildman–Crippen MR) is 250 cm³/mol. The highest BCUT2D eigenvalue weighted by atomic mass is 127. The van der Waals surface area contributed by atoms with Gasteiger partial charge in [0.15, 0.2) is 15.9 Å². The van der Waals surface area contributed by atoms with Gasteiger partial charge >= 0.3 is 11.8 Å². The van der Waals surface area contributed by atoms with Crippen molar-refractivity contribution in [2.75, 3.05) is 0 Å². The van der Waals surface area contributed by atoms with Crippen LogP contribution in [0.4, 0.5) is 35.1 Å². The molecule has 2 atom stereocenters. The van der Waals surface area contributed by atoms with Gasteiger partial charge in [-0.1, -0.05) is 0 Å². The molecule has 3 N–H and O–H groups in total. The van der Waals surface area contributed by atoms with Gasteiger partial charge in [-0.05, 0) is 125 Å². The Labute approximate surface area is 426 Å². The lowest BCUT2D eigenvalue weighted by Gasteiger charge is -2.36. The normalized spacial score (nSPS) is 13.0. The molecule has 2 unspecified atom stereocenters. The van der Waals surface area contributed by atoms with Crippen LogP contribution in [0.2, 0.25) is 0 Å². The highest BCUT2D eigenvalue weighted by molar-refractivity contribution is 14.0. The number of nitriles is 2. The average Bonchev–Trinajstić information content (AvgIpc) is 3.94. The van der Waals surface area contributed by atoms with E-state index < -0.39 is 81.9 Å². The number of hydrogen-bond acceptors (Lipinski definition) is 12. The van der Waals surface area contributed by atoms with Crippen molar-refractivity contribution in [2.45, 2.75) is 36.1 Å². The number of H-pyrrole nitrogens is 1. The molecule has 8 rings (SSSR count). The van der Waals surface area contributed by atoms with E-state index in [0.717, 1.165) is 70.8 Å². The topological polar surface area (TPSA) is 197 Å². The van der Waals surface area contributed by atoms with E-state index in [9.17, 15) is 27.8 Å². The van der Waals surface area contributed by atoms with Crippen LogP contribution in [-0.4, -0.2) is 49.7 Å². The maximum absolute atomic E-state index is 15.8. The van der Waals surface area contributed by atoms with Gasteiger partial charge in [0.1, 0.15) is 70.3 Å². The van der Waals surface area contributed by atoms with Crippen LogP contribution in [0, 0.1) is 50.7 Å². The molecule has 4 heterocycles.